The van der Waals surface area contributed by atoms with E-state index in [9.17, 15) is 0 Å². The van der Waals surface area contributed by atoms with E-state index in [1.165, 1.54) is 4.90 Å². The summed E-state index contributed by atoms with van der Waals surface area (Å²) in [4.78, 5) is 47.3. The fourth-order valence-corrected chi connectivity index (χ4v) is 8.82. The predicted molar refractivity (Wildman–Crippen MR) is 184 cm³/mol. The van der Waals surface area contributed by atoms with Crippen molar-refractivity contribution in [2.24, 2.45) is 11.8 Å². The molecule has 224 valence electrons. The molecule has 46 heavy (non-hydrogen) atoms. The van der Waals surface area contributed by atoms with Crippen LogP contribution in [-0.2, 0) is 25.2 Å². The number of carbonyl (C=O) groups excluding carboxylic acids is 3. The molecule has 1 saturated heterocycles. The Kier molecular flexibility index (Phi) is 6.42. The average Bonchev–Trinajstić information content (AvgIpc) is 3.58. The lowest BCUT2D eigenvalue weighted by Gasteiger charge is -2.39. The number of carbonyl (C=O) groups is 3. The molecular weight excluding hydrogens is 634 g/mol. The predicted octanol–water partition coefficient (Wildman–Crippen LogP) is 8.25. The van der Waals surface area contributed by atoms with Gasteiger partial charge in [-0.1, -0.05) is 142 Å². The maximum absolute atomic E-state index is 15.9. The molecule has 5 heteroatoms. The number of rotatable bonds is 5. The van der Waals surface area contributed by atoms with Gasteiger partial charge in [0.25, 0.3) is 0 Å². The van der Waals surface area contributed by atoms with Crippen molar-refractivity contribution in [3.05, 3.63) is 171 Å². The summed E-state index contributed by atoms with van der Waals surface area (Å²) in [5, 5.41) is 0. The molecule has 5 aromatic carbocycles. The van der Waals surface area contributed by atoms with Gasteiger partial charge < -0.3 is 0 Å². The second-order valence-corrected chi connectivity index (χ2v) is 13.5. The number of allylic oxidation sites excluding steroid dienone is 2. The number of halogens is 1. The number of nitrogens with zero attached hydrogens (tertiary/aromatic N) is 1. The van der Waals surface area contributed by atoms with Gasteiger partial charge in [0.15, 0.2) is 5.78 Å². The van der Waals surface area contributed by atoms with Gasteiger partial charge in [0.2, 0.25) is 11.8 Å². The van der Waals surface area contributed by atoms with E-state index < -0.39 is 22.7 Å². The number of Topliss-reactive ketones (excluding diaryl/α,β-unsaturated/α-hetero) is 1. The van der Waals surface area contributed by atoms with Crippen molar-refractivity contribution in [1.29, 1.82) is 0 Å². The number of fused-ring (bicyclic) bond motifs is 5. The van der Waals surface area contributed by atoms with E-state index >= 15 is 14.4 Å². The molecule has 1 saturated carbocycles. The van der Waals surface area contributed by atoms with Crippen molar-refractivity contribution in [3.8, 4) is 0 Å². The highest BCUT2D eigenvalue weighted by molar-refractivity contribution is 9.10. The van der Waals surface area contributed by atoms with E-state index in [0.717, 1.165) is 49.0 Å². The minimum absolute atomic E-state index is 0.117. The normalized spacial score (nSPS) is 25.0. The van der Waals surface area contributed by atoms with Gasteiger partial charge in [-0.05, 0) is 65.4 Å². The Morgan fingerprint density at radius 2 is 0.978 bits per heavy atom. The van der Waals surface area contributed by atoms with Crippen LogP contribution in [0.1, 0.15) is 33.4 Å². The lowest BCUT2D eigenvalue weighted by molar-refractivity contribution is -0.130. The number of benzene rings is 5. The SMILES string of the molecule is Cc1ccc(C2=C(c3ccc(C)cc3)[C@@]3(c4ccccc4)C(=O)[C@@]2(c2ccccc2)[C@H]2C(=O)N(c4cccc(Br)c4)C(=O)[C@@H]23)cc1. The zero-order valence-electron chi connectivity index (χ0n) is 25.4. The van der Waals surface area contributed by atoms with Crippen molar-refractivity contribution >= 4 is 50.4 Å². The molecule has 4 atom stereocenters. The molecule has 4 nitrogen and oxygen atoms in total. The molecular formula is C41H30BrNO3. The third kappa shape index (κ3) is 3.63. The number of hydrogen-bond acceptors (Lipinski definition) is 3. The first-order valence-corrected chi connectivity index (χ1v) is 16.3. The van der Waals surface area contributed by atoms with E-state index in [0.29, 0.717) is 5.69 Å². The van der Waals surface area contributed by atoms with Gasteiger partial charge in [-0.2, -0.15) is 0 Å². The highest BCUT2D eigenvalue weighted by Crippen LogP contribution is 2.74. The number of amides is 2. The minimum Gasteiger partial charge on any atom is -0.297 e. The monoisotopic (exact) mass is 663 g/mol. The Hall–Kier alpha value is -4.87. The molecule has 0 unspecified atom stereocenters. The van der Waals surface area contributed by atoms with Gasteiger partial charge in [-0.3, -0.25) is 14.4 Å². The molecule has 5 aromatic rings. The van der Waals surface area contributed by atoms with Crippen molar-refractivity contribution in [2.75, 3.05) is 4.90 Å². The van der Waals surface area contributed by atoms with Crippen LogP contribution in [0.3, 0.4) is 0 Å². The van der Waals surface area contributed by atoms with E-state index in [-0.39, 0.29) is 17.6 Å². The number of ketones is 1. The third-order valence-electron chi connectivity index (χ3n) is 10.2. The molecule has 2 fully saturated rings. The van der Waals surface area contributed by atoms with Gasteiger partial charge in [0.05, 0.1) is 28.4 Å². The number of aryl methyl sites for hydroxylation is 2. The van der Waals surface area contributed by atoms with Crippen LogP contribution >= 0.6 is 15.9 Å². The molecule has 0 spiro atoms. The Morgan fingerprint density at radius 3 is 1.39 bits per heavy atom. The van der Waals surface area contributed by atoms with Crippen LogP contribution in [0.2, 0.25) is 0 Å². The summed E-state index contributed by atoms with van der Waals surface area (Å²) in [6.45, 7) is 4.07. The topological polar surface area (TPSA) is 54.5 Å². The van der Waals surface area contributed by atoms with Crippen LogP contribution < -0.4 is 4.90 Å². The summed E-state index contributed by atoms with van der Waals surface area (Å²) in [6, 6.07) is 43.0. The second-order valence-electron chi connectivity index (χ2n) is 12.6. The first-order chi connectivity index (χ1) is 22.3. The zero-order chi connectivity index (χ0) is 31.8. The smallest absolute Gasteiger partial charge is 0.239 e. The molecule has 8 rings (SSSR count). The van der Waals surface area contributed by atoms with Crippen LogP contribution in [0.5, 0.6) is 0 Å². The Balaban J connectivity index is 1.56. The summed E-state index contributed by atoms with van der Waals surface area (Å²) in [5.41, 5.74) is 4.64. The molecule has 2 bridgehead atoms. The highest BCUT2D eigenvalue weighted by Gasteiger charge is 2.82. The quantitative estimate of drug-likeness (QED) is 0.178. The Bertz CT molecular complexity index is 1960. The lowest BCUT2D eigenvalue weighted by Crippen LogP contribution is -2.45. The zero-order valence-corrected chi connectivity index (χ0v) is 27.0. The standard InChI is InChI=1S/C41H30BrNO3/c1-25-16-20-27(21-17-25)33-34(28-22-18-26(2)19-23-28)41(30-12-7-4-8-13-30)36-35(40(33,39(41)46)29-10-5-3-6-11-29)37(44)43(38(36)45)32-15-9-14-31(42)24-32/h3-24,35-36H,1-2H3/t35-,36-,40-,41-/m1/s1. The molecule has 0 radical (unpaired) electrons. The molecule has 0 N–H and O–H groups in total. The summed E-state index contributed by atoms with van der Waals surface area (Å²) in [7, 11) is 0. The number of imide groups is 1. The van der Waals surface area contributed by atoms with E-state index in [1.807, 2.05) is 111 Å². The summed E-state index contributed by atoms with van der Waals surface area (Å²) < 4.78 is 0.760. The minimum atomic E-state index is -1.41. The third-order valence-corrected chi connectivity index (χ3v) is 10.7. The Morgan fingerprint density at radius 1 is 0.543 bits per heavy atom. The molecule has 1 heterocycles. The van der Waals surface area contributed by atoms with E-state index in [1.54, 1.807) is 12.1 Å². The van der Waals surface area contributed by atoms with Crippen molar-refractivity contribution in [3.63, 3.8) is 0 Å². The number of hydrogen-bond donors (Lipinski definition) is 0. The van der Waals surface area contributed by atoms with Gasteiger partial charge in [-0.25, -0.2) is 4.90 Å². The maximum atomic E-state index is 15.9. The fraction of sp³-hybridized carbons (Fsp3) is 0.146. The van der Waals surface area contributed by atoms with Crippen LogP contribution in [0.4, 0.5) is 5.69 Å². The molecule has 0 aromatic heterocycles. The van der Waals surface area contributed by atoms with E-state index in [4.69, 9.17) is 0 Å². The summed E-state index contributed by atoms with van der Waals surface area (Å²) >= 11 is 3.53. The van der Waals surface area contributed by atoms with Gasteiger partial charge in [0.1, 0.15) is 0 Å². The van der Waals surface area contributed by atoms with E-state index in [2.05, 4.69) is 40.2 Å². The van der Waals surface area contributed by atoms with Crippen LogP contribution in [0.25, 0.3) is 11.1 Å². The summed E-state index contributed by atoms with van der Waals surface area (Å²) in [6.07, 6.45) is 0. The highest BCUT2D eigenvalue weighted by atomic mass is 79.9. The lowest BCUT2D eigenvalue weighted by atomic mass is 9.59. The van der Waals surface area contributed by atoms with Crippen LogP contribution in [-0.4, -0.2) is 17.6 Å². The van der Waals surface area contributed by atoms with Crippen molar-refractivity contribution in [1.82, 2.24) is 0 Å². The number of anilines is 1. The first kappa shape index (κ1) is 28.6. The fourth-order valence-electron chi connectivity index (χ4n) is 8.43. The Labute approximate surface area is 276 Å². The first-order valence-electron chi connectivity index (χ1n) is 15.5. The van der Waals surface area contributed by atoms with Gasteiger partial charge >= 0.3 is 0 Å². The van der Waals surface area contributed by atoms with Crippen LogP contribution in [0.15, 0.2) is 138 Å². The molecule has 1 aliphatic heterocycles. The van der Waals surface area contributed by atoms with Crippen LogP contribution in [0, 0.1) is 25.7 Å². The summed E-state index contributed by atoms with van der Waals surface area (Å²) in [5.74, 6) is -2.71. The molecule has 2 amide bonds. The molecule has 2 aliphatic carbocycles. The average molecular weight is 665 g/mol. The van der Waals surface area contributed by atoms with Gasteiger partial charge in [0, 0.05) is 4.47 Å². The maximum Gasteiger partial charge on any atom is 0.239 e. The van der Waals surface area contributed by atoms with Crippen molar-refractivity contribution < 1.29 is 14.4 Å². The van der Waals surface area contributed by atoms with Crippen molar-refractivity contribution in [2.45, 2.75) is 24.7 Å². The largest absolute Gasteiger partial charge is 0.297 e. The second kappa shape index (κ2) is 10.3. The molecule has 3 aliphatic rings. The van der Waals surface area contributed by atoms with Gasteiger partial charge in [-0.15, -0.1) is 0 Å².